The molecule has 3 aromatic carbocycles. The van der Waals surface area contributed by atoms with Crippen molar-refractivity contribution in [2.75, 3.05) is 0 Å². The van der Waals surface area contributed by atoms with Crippen LogP contribution in [0.15, 0.2) is 66.2 Å². The van der Waals surface area contributed by atoms with Gasteiger partial charge in [-0.3, -0.25) is 0 Å². The Labute approximate surface area is 140 Å². The molecule has 1 unspecified atom stereocenters. The minimum absolute atomic E-state index is 0.0385. The van der Waals surface area contributed by atoms with Crippen LogP contribution in [-0.2, 0) is 6.42 Å². The first-order valence-corrected chi connectivity index (χ1v) is 8.58. The third-order valence-electron chi connectivity index (χ3n) is 5.81. The Morgan fingerprint density at radius 2 is 1.67 bits per heavy atom. The second kappa shape index (κ2) is 4.15. The van der Waals surface area contributed by atoms with E-state index in [4.69, 9.17) is 0 Å². The van der Waals surface area contributed by atoms with Crippen LogP contribution in [0.3, 0.4) is 0 Å². The number of allylic oxidation sites excluding steroid dienone is 2. The lowest BCUT2D eigenvalue weighted by Gasteiger charge is -2.37. The van der Waals surface area contributed by atoms with Crippen LogP contribution in [0.1, 0.15) is 16.7 Å². The minimum Gasteiger partial charge on any atom is -0.0692 e. The average molecular weight is 304 g/mol. The van der Waals surface area contributed by atoms with Gasteiger partial charge < -0.3 is 0 Å². The molecular weight excluding hydrogens is 288 g/mol. The maximum absolute atomic E-state index is 2.51. The molecule has 0 radical (unpaired) electrons. The van der Waals surface area contributed by atoms with E-state index < -0.39 is 0 Å². The van der Waals surface area contributed by atoms with E-state index in [1.54, 1.807) is 0 Å². The first-order chi connectivity index (χ1) is 11.8. The SMILES string of the molecule is C1=CC23C=c4c1cc1ccccc1c4=CC2=Cc1ccccc1C3. The van der Waals surface area contributed by atoms with Crippen LogP contribution in [-0.4, -0.2) is 0 Å². The largest absolute Gasteiger partial charge is 0.0692 e. The predicted octanol–water partition coefficient (Wildman–Crippen LogP) is 4.07. The van der Waals surface area contributed by atoms with E-state index in [-0.39, 0.29) is 5.41 Å². The van der Waals surface area contributed by atoms with Gasteiger partial charge in [0.1, 0.15) is 0 Å². The Hall–Kier alpha value is -2.86. The third kappa shape index (κ3) is 1.48. The summed E-state index contributed by atoms with van der Waals surface area (Å²) in [6, 6.07) is 19.9. The molecule has 0 nitrogen and oxygen atoms in total. The molecule has 3 aromatic rings. The van der Waals surface area contributed by atoms with Crippen LogP contribution in [0, 0.1) is 5.41 Å². The molecule has 0 saturated carbocycles. The zero-order valence-electron chi connectivity index (χ0n) is 13.3. The molecule has 3 aliphatic rings. The van der Waals surface area contributed by atoms with Gasteiger partial charge >= 0.3 is 0 Å². The van der Waals surface area contributed by atoms with E-state index >= 15 is 0 Å². The van der Waals surface area contributed by atoms with Crippen molar-refractivity contribution in [3.8, 4) is 0 Å². The first-order valence-electron chi connectivity index (χ1n) is 8.58. The van der Waals surface area contributed by atoms with Gasteiger partial charge in [-0.25, -0.2) is 0 Å². The fourth-order valence-electron chi connectivity index (χ4n) is 4.59. The van der Waals surface area contributed by atoms with E-state index in [1.165, 1.54) is 43.5 Å². The standard InChI is InChI=1S/C24H16/c1-2-7-19-14-24-10-9-18-11-17-6-3-4-8-21(17)22(23(18)15-24)13-20(24)12-16(19)5-1/h1-13,15H,14H2. The summed E-state index contributed by atoms with van der Waals surface area (Å²) in [7, 11) is 0. The van der Waals surface area contributed by atoms with Crippen LogP contribution in [0.25, 0.3) is 35.1 Å². The summed E-state index contributed by atoms with van der Waals surface area (Å²) in [4.78, 5) is 0. The Kier molecular flexibility index (Phi) is 2.17. The summed E-state index contributed by atoms with van der Waals surface area (Å²) in [6.45, 7) is 0. The Bertz CT molecular complexity index is 1220. The van der Waals surface area contributed by atoms with Gasteiger partial charge in [-0.15, -0.1) is 0 Å². The Balaban J connectivity index is 1.79. The lowest BCUT2D eigenvalue weighted by molar-refractivity contribution is 0.632. The lowest BCUT2D eigenvalue weighted by Crippen LogP contribution is -2.41. The molecule has 0 heteroatoms. The molecule has 112 valence electrons. The van der Waals surface area contributed by atoms with Crippen molar-refractivity contribution in [3.05, 3.63) is 93.4 Å². The number of fused-ring (bicyclic) bond motifs is 3. The summed E-state index contributed by atoms with van der Waals surface area (Å²) >= 11 is 0. The number of rotatable bonds is 0. The highest BCUT2D eigenvalue weighted by atomic mass is 14.4. The molecule has 2 bridgehead atoms. The predicted molar refractivity (Wildman–Crippen MR) is 102 cm³/mol. The highest BCUT2D eigenvalue weighted by Crippen LogP contribution is 2.44. The van der Waals surface area contributed by atoms with Gasteiger partial charge in [0.25, 0.3) is 0 Å². The lowest BCUT2D eigenvalue weighted by atomic mass is 9.65. The van der Waals surface area contributed by atoms with Crippen molar-refractivity contribution in [1.82, 2.24) is 0 Å². The quantitative estimate of drug-likeness (QED) is 0.587. The molecule has 24 heavy (non-hydrogen) atoms. The van der Waals surface area contributed by atoms with E-state index in [1.807, 2.05) is 0 Å². The van der Waals surface area contributed by atoms with Gasteiger partial charge in [0.2, 0.25) is 0 Å². The second-order valence-electron chi connectivity index (χ2n) is 7.15. The smallest absolute Gasteiger partial charge is 0.0365 e. The monoisotopic (exact) mass is 304 g/mol. The van der Waals surface area contributed by atoms with Crippen molar-refractivity contribution in [3.63, 3.8) is 0 Å². The summed E-state index contributed by atoms with van der Waals surface area (Å²) < 4.78 is 0. The molecule has 0 aromatic heterocycles. The van der Waals surface area contributed by atoms with E-state index in [2.05, 4.69) is 85.0 Å². The van der Waals surface area contributed by atoms with E-state index in [9.17, 15) is 0 Å². The van der Waals surface area contributed by atoms with Crippen LogP contribution in [0.4, 0.5) is 0 Å². The molecule has 0 saturated heterocycles. The van der Waals surface area contributed by atoms with Crippen LogP contribution in [0.5, 0.6) is 0 Å². The van der Waals surface area contributed by atoms with Crippen molar-refractivity contribution in [2.45, 2.75) is 6.42 Å². The first kappa shape index (κ1) is 12.5. The fraction of sp³-hybridized carbons (Fsp3) is 0.0833. The van der Waals surface area contributed by atoms with Gasteiger partial charge in [-0.1, -0.05) is 72.8 Å². The van der Waals surface area contributed by atoms with Crippen LogP contribution in [0.2, 0.25) is 0 Å². The molecular formula is C24H16. The molecule has 0 N–H and O–H groups in total. The highest BCUT2D eigenvalue weighted by Gasteiger charge is 2.35. The van der Waals surface area contributed by atoms with Gasteiger partial charge in [0, 0.05) is 5.41 Å². The van der Waals surface area contributed by atoms with Crippen molar-refractivity contribution in [1.29, 1.82) is 0 Å². The molecule has 0 aliphatic heterocycles. The Morgan fingerprint density at radius 1 is 0.792 bits per heavy atom. The van der Waals surface area contributed by atoms with Crippen molar-refractivity contribution >= 4 is 35.1 Å². The van der Waals surface area contributed by atoms with E-state index in [0.717, 1.165) is 6.42 Å². The second-order valence-corrected chi connectivity index (χ2v) is 7.15. The summed E-state index contributed by atoms with van der Waals surface area (Å²) in [6.07, 6.45) is 13.1. The van der Waals surface area contributed by atoms with Gasteiger partial charge in [-0.05, 0) is 62.0 Å². The molecule has 1 atom stereocenters. The molecule has 0 heterocycles. The molecule has 0 fully saturated rings. The van der Waals surface area contributed by atoms with Gasteiger partial charge in [0.15, 0.2) is 0 Å². The molecule has 6 rings (SSSR count). The fourth-order valence-corrected chi connectivity index (χ4v) is 4.59. The maximum atomic E-state index is 2.51. The number of hydrogen-bond donors (Lipinski definition) is 0. The summed E-state index contributed by atoms with van der Waals surface area (Å²) in [5, 5.41) is 5.48. The third-order valence-corrected chi connectivity index (χ3v) is 5.81. The number of hydrogen-bond acceptors (Lipinski definition) is 0. The summed E-state index contributed by atoms with van der Waals surface area (Å²) in [5.74, 6) is 0. The van der Waals surface area contributed by atoms with Crippen molar-refractivity contribution in [2.24, 2.45) is 5.41 Å². The molecule has 3 aliphatic carbocycles. The maximum Gasteiger partial charge on any atom is 0.0365 e. The minimum atomic E-state index is 0.0385. The zero-order valence-corrected chi connectivity index (χ0v) is 13.3. The number of benzene rings is 3. The Morgan fingerprint density at radius 3 is 2.67 bits per heavy atom. The zero-order chi connectivity index (χ0) is 15.7. The van der Waals surface area contributed by atoms with E-state index in [0.29, 0.717) is 0 Å². The topological polar surface area (TPSA) is 0 Å². The normalized spacial score (nSPS) is 22.1. The van der Waals surface area contributed by atoms with Gasteiger partial charge in [0.05, 0.1) is 0 Å². The van der Waals surface area contributed by atoms with Crippen molar-refractivity contribution < 1.29 is 0 Å². The molecule has 0 amide bonds. The van der Waals surface area contributed by atoms with Crippen LogP contribution >= 0.6 is 0 Å². The van der Waals surface area contributed by atoms with Gasteiger partial charge in [-0.2, -0.15) is 0 Å². The van der Waals surface area contributed by atoms with Crippen LogP contribution < -0.4 is 10.4 Å². The molecule has 1 spiro atoms. The highest BCUT2D eigenvalue weighted by molar-refractivity contribution is 5.92. The summed E-state index contributed by atoms with van der Waals surface area (Å²) in [5.41, 5.74) is 5.63. The average Bonchev–Trinajstić information content (AvgIpc) is 2.63.